The fourth-order valence-corrected chi connectivity index (χ4v) is 3.94. The monoisotopic (exact) mass is 349 g/mol. The van der Waals surface area contributed by atoms with E-state index in [-0.39, 0.29) is 0 Å². The van der Waals surface area contributed by atoms with Gasteiger partial charge in [-0.05, 0) is 18.2 Å². The maximum atomic E-state index is 4.53. The van der Waals surface area contributed by atoms with Crippen molar-refractivity contribution in [2.24, 2.45) is 0 Å². The number of aryl methyl sites for hydroxylation is 1. The molecule has 2 aromatic heterocycles. The molecule has 0 unspecified atom stereocenters. The van der Waals surface area contributed by atoms with Crippen LogP contribution in [-0.2, 0) is 12.2 Å². The number of nitrogens with one attached hydrogen (secondary N) is 1. The molecule has 1 N–H and O–H groups in total. The molecule has 2 heterocycles. The molecule has 0 saturated heterocycles. The van der Waals surface area contributed by atoms with Crippen molar-refractivity contribution in [1.29, 1.82) is 0 Å². The number of nitrogens with zero attached hydrogens (tertiary/aromatic N) is 4. The van der Waals surface area contributed by atoms with Crippen LogP contribution >= 0.6 is 34.9 Å². The van der Waals surface area contributed by atoms with Crippen LogP contribution in [0.3, 0.4) is 0 Å². The molecule has 0 radical (unpaired) electrons. The lowest BCUT2D eigenvalue weighted by Crippen LogP contribution is -1.83. The van der Waals surface area contributed by atoms with Crippen LogP contribution in [0.1, 0.15) is 17.5 Å². The van der Waals surface area contributed by atoms with E-state index >= 15 is 0 Å². The maximum Gasteiger partial charge on any atom is 0.209 e. The standard InChI is InChI=1S/C14H15N5S3/c1-3-9-4-6-10(7-5-9)12-15-13(18-17-12)21-8-11-16-19-14(20-2)22-11/h4-7H,3,8H2,1-2H3,(H,15,17,18). The van der Waals surface area contributed by atoms with Gasteiger partial charge in [0.25, 0.3) is 0 Å². The Morgan fingerprint density at radius 3 is 2.68 bits per heavy atom. The van der Waals surface area contributed by atoms with Crippen LogP contribution in [0, 0.1) is 0 Å². The second-order valence-electron chi connectivity index (χ2n) is 4.47. The quantitative estimate of drug-likeness (QED) is 0.681. The fraction of sp³-hybridized carbons (Fsp3) is 0.286. The highest BCUT2D eigenvalue weighted by molar-refractivity contribution is 8.00. The SMILES string of the molecule is CCc1ccc(-c2nc(SCc3nnc(SC)s3)n[nH]2)cc1. The molecule has 8 heteroatoms. The van der Waals surface area contributed by atoms with Crippen molar-refractivity contribution in [3.05, 3.63) is 34.8 Å². The first-order valence-electron chi connectivity index (χ1n) is 6.79. The van der Waals surface area contributed by atoms with E-state index in [1.54, 1.807) is 34.9 Å². The Morgan fingerprint density at radius 2 is 2.00 bits per heavy atom. The van der Waals surface area contributed by atoms with Crippen molar-refractivity contribution in [3.8, 4) is 11.4 Å². The summed E-state index contributed by atoms with van der Waals surface area (Å²) in [6.45, 7) is 2.15. The van der Waals surface area contributed by atoms with Crippen molar-refractivity contribution in [3.63, 3.8) is 0 Å². The third-order valence-electron chi connectivity index (χ3n) is 3.05. The first kappa shape index (κ1) is 15.5. The largest absolute Gasteiger partial charge is 0.258 e. The highest BCUT2D eigenvalue weighted by Crippen LogP contribution is 2.26. The van der Waals surface area contributed by atoms with Gasteiger partial charge in [0, 0.05) is 5.56 Å². The zero-order valence-electron chi connectivity index (χ0n) is 12.2. The van der Waals surface area contributed by atoms with Crippen LogP contribution in [0.4, 0.5) is 0 Å². The van der Waals surface area contributed by atoms with E-state index in [2.05, 4.69) is 56.6 Å². The van der Waals surface area contributed by atoms with E-state index in [0.717, 1.165) is 38.1 Å². The van der Waals surface area contributed by atoms with Crippen LogP contribution in [0.5, 0.6) is 0 Å². The minimum atomic E-state index is 0.732. The van der Waals surface area contributed by atoms with E-state index in [1.165, 1.54) is 5.56 Å². The van der Waals surface area contributed by atoms with Crippen LogP contribution in [0.15, 0.2) is 33.8 Å². The molecule has 5 nitrogen and oxygen atoms in total. The zero-order chi connectivity index (χ0) is 15.4. The first-order chi connectivity index (χ1) is 10.8. The smallest absolute Gasteiger partial charge is 0.209 e. The van der Waals surface area contributed by atoms with Gasteiger partial charge in [0.05, 0.1) is 5.75 Å². The second-order valence-corrected chi connectivity index (χ2v) is 7.53. The molecule has 3 rings (SSSR count). The predicted molar refractivity (Wildman–Crippen MR) is 92.4 cm³/mol. The van der Waals surface area contributed by atoms with Gasteiger partial charge in [-0.25, -0.2) is 4.98 Å². The van der Waals surface area contributed by atoms with Crippen molar-refractivity contribution in [1.82, 2.24) is 25.4 Å². The average molecular weight is 350 g/mol. The number of rotatable bonds is 6. The van der Waals surface area contributed by atoms with Gasteiger partial charge >= 0.3 is 0 Å². The van der Waals surface area contributed by atoms with E-state index < -0.39 is 0 Å². The molecular weight excluding hydrogens is 334 g/mol. The van der Waals surface area contributed by atoms with Gasteiger partial charge in [-0.1, -0.05) is 66.0 Å². The molecule has 0 saturated carbocycles. The Labute approximate surface area is 141 Å². The van der Waals surface area contributed by atoms with Gasteiger partial charge in [-0.2, -0.15) is 0 Å². The Hall–Kier alpha value is -1.38. The number of hydrogen-bond acceptors (Lipinski definition) is 7. The van der Waals surface area contributed by atoms with E-state index in [0.29, 0.717) is 0 Å². The third-order valence-corrected chi connectivity index (χ3v) is 5.99. The van der Waals surface area contributed by atoms with Crippen molar-refractivity contribution >= 4 is 34.9 Å². The van der Waals surface area contributed by atoms with Gasteiger partial charge in [0.2, 0.25) is 5.16 Å². The summed E-state index contributed by atoms with van der Waals surface area (Å²) in [5, 5.41) is 17.2. The highest BCUT2D eigenvalue weighted by atomic mass is 32.2. The summed E-state index contributed by atoms with van der Waals surface area (Å²) in [4.78, 5) is 4.53. The van der Waals surface area contributed by atoms with Gasteiger partial charge in [0.1, 0.15) is 5.01 Å². The van der Waals surface area contributed by atoms with Gasteiger partial charge in [-0.3, -0.25) is 5.10 Å². The summed E-state index contributed by atoms with van der Waals surface area (Å²) in [7, 11) is 0. The number of aromatic amines is 1. The van der Waals surface area contributed by atoms with Crippen LogP contribution in [0.25, 0.3) is 11.4 Å². The third kappa shape index (κ3) is 3.68. The number of aromatic nitrogens is 5. The molecular formula is C14H15N5S3. The summed E-state index contributed by atoms with van der Waals surface area (Å²) in [5.41, 5.74) is 2.37. The summed E-state index contributed by atoms with van der Waals surface area (Å²) >= 11 is 4.79. The van der Waals surface area contributed by atoms with Gasteiger partial charge < -0.3 is 0 Å². The molecule has 0 aliphatic carbocycles. The fourth-order valence-electron chi connectivity index (χ4n) is 1.84. The molecule has 22 heavy (non-hydrogen) atoms. The molecule has 0 bridgehead atoms. The molecule has 114 valence electrons. The Kier molecular flexibility index (Phi) is 5.12. The maximum absolute atomic E-state index is 4.53. The van der Waals surface area contributed by atoms with E-state index in [1.807, 2.05) is 6.26 Å². The number of H-pyrrole nitrogens is 1. The van der Waals surface area contributed by atoms with Crippen molar-refractivity contribution < 1.29 is 0 Å². The summed E-state index contributed by atoms with van der Waals surface area (Å²) in [6, 6.07) is 8.39. The Morgan fingerprint density at radius 1 is 1.18 bits per heavy atom. The Bertz CT molecular complexity index is 735. The zero-order valence-corrected chi connectivity index (χ0v) is 14.7. The first-order valence-corrected chi connectivity index (χ1v) is 9.82. The van der Waals surface area contributed by atoms with Gasteiger partial charge in [-0.15, -0.1) is 15.3 Å². The minimum absolute atomic E-state index is 0.732. The van der Waals surface area contributed by atoms with Crippen molar-refractivity contribution in [2.75, 3.05) is 6.26 Å². The van der Waals surface area contributed by atoms with Crippen molar-refractivity contribution in [2.45, 2.75) is 28.6 Å². The van der Waals surface area contributed by atoms with E-state index in [4.69, 9.17) is 0 Å². The molecule has 0 amide bonds. The molecule has 3 aromatic rings. The number of thioether (sulfide) groups is 2. The second kappa shape index (κ2) is 7.26. The summed E-state index contributed by atoms with van der Waals surface area (Å²) < 4.78 is 0.988. The lowest BCUT2D eigenvalue weighted by molar-refractivity contribution is 0.962. The molecule has 1 aromatic carbocycles. The number of benzene rings is 1. The molecule has 0 aliphatic heterocycles. The molecule has 0 spiro atoms. The van der Waals surface area contributed by atoms with E-state index in [9.17, 15) is 0 Å². The molecule has 0 aliphatic rings. The minimum Gasteiger partial charge on any atom is -0.258 e. The number of hydrogen-bond donors (Lipinski definition) is 1. The lowest BCUT2D eigenvalue weighted by Gasteiger charge is -1.98. The lowest BCUT2D eigenvalue weighted by atomic mass is 10.1. The molecule has 0 fully saturated rings. The average Bonchev–Trinajstić information content (AvgIpc) is 3.22. The van der Waals surface area contributed by atoms with Gasteiger partial charge in [0.15, 0.2) is 10.2 Å². The summed E-state index contributed by atoms with van der Waals surface area (Å²) in [5.74, 6) is 1.54. The summed E-state index contributed by atoms with van der Waals surface area (Å²) in [6.07, 6.45) is 3.04. The highest BCUT2D eigenvalue weighted by Gasteiger charge is 2.09. The topological polar surface area (TPSA) is 67.3 Å². The van der Waals surface area contributed by atoms with Crippen LogP contribution in [0.2, 0.25) is 0 Å². The Balaban J connectivity index is 1.65. The molecule has 0 atom stereocenters. The van der Waals surface area contributed by atoms with Crippen LogP contribution < -0.4 is 0 Å². The van der Waals surface area contributed by atoms with Crippen LogP contribution in [-0.4, -0.2) is 31.6 Å². The normalized spacial score (nSPS) is 11.0. The predicted octanol–water partition coefficient (Wildman–Crippen LogP) is 3.90.